The average molecular weight is 284 g/mol. The van der Waals surface area contributed by atoms with E-state index in [-0.39, 0.29) is 0 Å². The Morgan fingerprint density at radius 1 is 1.05 bits per heavy atom. The molecule has 1 unspecified atom stereocenters. The lowest BCUT2D eigenvalue weighted by molar-refractivity contribution is -0.123. The van der Waals surface area contributed by atoms with Gasteiger partial charge < -0.3 is 16.2 Å². The van der Waals surface area contributed by atoms with Gasteiger partial charge in [-0.15, -0.1) is 0 Å². The molecule has 2 aromatic carbocycles. The molecule has 0 heterocycles. The van der Waals surface area contributed by atoms with Crippen molar-refractivity contribution < 1.29 is 9.53 Å². The van der Waals surface area contributed by atoms with Crippen LogP contribution in [0.5, 0.6) is 5.75 Å². The molecule has 4 nitrogen and oxygen atoms in total. The first-order chi connectivity index (χ1) is 9.99. The first-order valence-corrected chi connectivity index (χ1v) is 6.86. The summed E-state index contributed by atoms with van der Waals surface area (Å²) in [6.07, 6.45) is 0.378. The highest BCUT2D eigenvalue weighted by Crippen LogP contribution is 2.22. The zero-order valence-electron chi connectivity index (χ0n) is 12.1. The van der Waals surface area contributed by atoms with E-state index < -0.39 is 11.4 Å². The van der Waals surface area contributed by atoms with Crippen LogP contribution in [0.1, 0.15) is 13.3 Å². The van der Waals surface area contributed by atoms with Crippen LogP contribution in [0.3, 0.4) is 0 Å². The fourth-order valence-corrected chi connectivity index (χ4v) is 1.88. The Labute approximate surface area is 124 Å². The minimum absolute atomic E-state index is 0.348. The van der Waals surface area contributed by atoms with E-state index in [1.54, 1.807) is 6.92 Å². The van der Waals surface area contributed by atoms with E-state index >= 15 is 0 Å². The standard InChI is InChI=1S/C17H20N2O2/c1-17(19,16(18)20)11-12-21-15-9-7-14(8-10-15)13-5-3-2-4-6-13/h2-10H,11-12,19H2,1H3,(H2,18,20). The summed E-state index contributed by atoms with van der Waals surface area (Å²) in [5.41, 5.74) is 12.2. The number of amides is 1. The van der Waals surface area contributed by atoms with Crippen LogP contribution in [0.2, 0.25) is 0 Å². The fourth-order valence-electron chi connectivity index (χ4n) is 1.88. The van der Waals surface area contributed by atoms with E-state index in [2.05, 4.69) is 12.1 Å². The Morgan fingerprint density at radius 3 is 2.19 bits per heavy atom. The van der Waals surface area contributed by atoms with Crippen molar-refractivity contribution in [3.05, 3.63) is 54.6 Å². The Balaban J connectivity index is 1.93. The van der Waals surface area contributed by atoms with Crippen LogP contribution in [-0.4, -0.2) is 18.1 Å². The average Bonchev–Trinajstić information content (AvgIpc) is 2.48. The number of ether oxygens (including phenoxy) is 1. The van der Waals surface area contributed by atoms with Crippen molar-refractivity contribution in [2.75, 3.05) is 6.61 Å². The molecule has 0 aliphatic rings. The molecule has 0 saturated carbocycles. The first kappa shape index (κ1) is 15.1. The molecule has 0 aliphatic heterocycles. The molecule has 0 spiro atoms. The zero-order chi connectivity index (χ0) is 15.3. The molecule has 21 heavy (non-hydrogen) atoms. The number of rotatable bonds is 6. The summed E-state index contributed by atoms with van der Waals surface area (Å²) in [7, 11) is 0. The highest BCUT2D eigenvalue weighted by atomic mass is 16.5. The van der Waals surface area contributed by atoms with Gasteiger partial charge in [-0.1, -0.05) is 42.5 Å². The van der Waals surface area contributed by atoms with E-state index in [4.69, 9.17) is 16.2 Å². The smallest absolute Gasteiger partial charge is 0.237 e. The summed E-state index contributed by atoms with van der Waals surface area (Å²) in [6.45, 7) is 1.96. The maximum atomic E-state index is 11.1. The van der Waals surface area contributed by atoms with Gasteiger partial charge in [0.05, 0.1) is 12.1 Å². The lowest BCUT2D eigenvalue weighted by atomic mass is 9.99. The molecule has 0 radical (unpaired) electrons. The van der Waals surface area contributed by atoms with Crippen LogP contribution < -0.4 is 16.2 Å². The van der Waals surface area contributed by atoms with Crippen LogP contribution in [-0.2, 0) is 4.79 Å². The normalized spacial score (nSPS) is 13.4. The molecule has 4 heteroatoms. The van der Waals surface area contributed by atoms with Gasteiger partial charge in [-0.25, -0.2) is 0 Å². The van der Waals surface area contributed by atoms with Gasteiger partial charge in [0, 0.05) is 6.42 Å². The number of nitrogens with two attached hydrogens (primary N) is 2. The molecule has 2 aromatic rings. The Hall–Kier alpha value is -2.33. The molecular formula is C17H20N2O2. The lowest BCUT2D eigenvalue weighted by Gasteiger charge is -2.20. The molecule has 0 saturated heterocycles. The SMILES string of the molecule is CC(N)(CCOc1ccc(-c2ccccc2)cc1)C(N)=O. The molecule has 0 fully saturated rings. The van der Waals surface area contributed by atoms with Crippen LogP contribution in [0.4, 0.5) is 0 Å². The third-order valence-electron chi connectivity index (χ3n) is 3.41. The van der Waals surface area contributed by atoms with Crippen molar-refractivity contribution in [1.82, 2.24) is 0 Å². The van der Waals surface area contributed by atoms with Crippen molar-refractivity contribution in [2.24, 2.45) is 11.5 Å². The van der Waals surface area contributed by atoms with Gasteiger partial charge in [-0.05, 0) is 30.2 Å². The second-order valence-electron chi connectivity index (χ2n) is 5.27. The number of benzene rings is 2. The Morgan fingerprint density at radius 2 is 1.62 bits per heavy atom. The van der Waals surface area contributed by atoms with Gasteiger partial charge in [0.2, 0.25) is 5.91 Å². The number of hydrogen-bond acceptors (Lipinski definition) is 3. The maximum Gasteiger partial charge on any atom is 0.237 e. The molecule has 1 amide bonds. The zero-order valence-corrected chi connectivity index (χ0v) is 12.1. The molecular weight excluding hydrogens is 264 g/mol. The van der Waals surface area contributed by atoms with Gasteiger partial charge in [0.25, 0.3) is 0 Å². The van der Waals surface area contributed by atoms with Crippen LogP contribution in [0, 0.1) is 0 Å². The summed E-state index contributed by atoms with van der Waals surface area (Å²) in [5, 5.41) is 0. The lowest BCUT2D eigenvalue weighted by Crippen LogP contribution is -2.50. The minimum Gasteiger partial charge on any atom is -0.494 e. The largest absolute Gasteiger partial charge is 0.494 e. The molecule has 1 atom stereocenters. The predicted octanol–water partition coefficient (Wildman–Crippen LogP) is 2.33. The molecule has 2 rings (SSSR count). The van der Waals surface area contributed by atoms with E-state index in [1.165, 1.54) is 0 Å². The quantitative estimate of drug-likeness (QED) is 0.854. The van der Waals surface area contributed by atoms with Crippen molar-refractivity contribution in [2.45, 2.75) is 18.9 Å². The van der Waals surface area contributed by atoms with Gasteiger partial charge in [0.15, 0.2) is 0 Å². The van der Waals surface area contributed by atoms with E-state index in [0.29, 0.717) is 13.0 Å². The molecule has 110 valence electrons. The Bertz CT molecular complexity index is 592. The molecule has 0 bridgehead atoms. The van der Waals surface area contributed by atoms with E-state index in [0.717, 1.165) is 16.9 Å². The van der Waals surface area contributed by atoms with Crippen molar-refractivity contribution in [1.29, 1.82) is 0 Å². The third kappa shape index (κ3) is 4.07. The molecule has 0 aliphatic carbocycles. The summed E-state index contributed by atoms with van der Waals surface area (Å²) in [4.78, 5) is 11.1. The highest BCUT2D eigenvalue weighted by molar-refractivity contribution is 5.83. The Kier molecular flexibility index (Phi) is 4.60. The summed E-state index contributed by atoms with van der Waals surface area (Å²) < 4.78 is 5.60. The van der Waals surface area contributed by atoms with Gasteiger partial charge in [-0.3, -0.25) is 4.79 Å². The number of carbonyl (C=O) groups is 1. The van der Waals surface area contributed by atoms with Gasteiger partial charge in [-0.2, -0.15) is 0 Å². The number of carbonyl (C=O) groups excluding carboxylic acids is 1. The summed E-state index contributed by atoms with van der Waals surface area (Å²) in [6, 6.07) is 17.9. The summed E-state index contributed by atoms with van der Waals surface area (Å²) in [5.74, 6) is 0.223. The second kappa shape index (κ2) is 6.41. The predicted molar refractivity (Wildman–Crippen MR) is 83.8 cm³/mol. The van der Waals surface area contributed by atoms with Crippen molar-refractivity contribution in [3.63, 3.8) is 0 Å². The minimum atomic E-state index is -1.04. The van der Waals surface area contributed by atoms with Gasteiger partial charge in [0.1, 0.15) is 5.75 Å². The van der Waals surface area contributed by atoms with Crippen molar-refractivity contribution in [3.8, 4) is 16.9 Å². The number of hydrogen-bond donors (Lipinski definition) is 2. The summed E-state index contributed by atoms with van der Waals surface area (Å²) >= 11 is 0. The topological polar surface area (TPSA) is 78.3 Å². The first-order valence-electron chi connectivity index (χ1n) is 6.86. The van der Waals surface area contributed by atoms with E-state index in [9.17, 15) is 4.79 Å². The van der Waals surface area contributed by atoms with Gasteiger partial charge >= 0.3 is 0 Å². The van der Waals surface area contributed by atoms with Crippen molar-refractivity contribution >= 4 is 5.91 Å². The maximum absolute atomic E-state index is 11.1. The molecule has 0 aromatic heterocycles. The second-order valence-corrected chi connectivity index (χ2v) is 5.27. The third-order valence-corrected chi connectivity index (χ3v) is 3.41. The molecule has 4 N–H and O–H groups in total. The number of primary amides is 1. The van der Waals surface area contributed by atoms with E-state index in [1.807, 2.05) is 42.5 Å². The van der Waals surface area contributed by atoms with Crippen LogP contribution in [0.25, 0.3) is 11.1 Å². The fraction of sp³-hybridized carbons (Fsp3) is 0.235. The van der Waals surface area contributed by atoms with Crippen LogP contribution >= 0.6 is 0 Å². The highest BCUT2D eigenvalue weighted by Gasteiger charge is 2.25. The van der Waals surface area contributed by atoms with Crippen LogP contribution in [0.15, 0.2) is 54.6 Å². The monoisotopic (exact) mass is 284 g/mol.